The standard InChI is InChI=1S/C22H25NO5/c1-27-19-11-9-18(10-12-19)22(13-3-2-4-14-22)21(25)28-15-16-5-7-17(8-6-16)20(24)23-26/h5-12,26H,2-4,13-15H2,1H3,(H,23,24). The Labute approximate surface area is 164 Å². The van der Waals surface area contributed by atoms with Crippen LogP contribution in [0.2, 0.25) is 0 Å². The van der Waals surface area contributed by atoms with Crippen LogP contribution in [-0.2, 0) is 21.6 Å². The van der Waals surface area contributed by atoms with Crippen molar-refractivity contribution < 1.29 is 24.3 Å². The Morgan fingerprint density at radius 1 is 1.00 bits per heavy atom. The summed E-state index contributed by atoms with van der Waals surface area (Å²) in [6.45, 7) is 0.137. The molecule has 1 amide bonds. The number of ether oxygens (including phenoxy) is 2. The number of benzene rings is 2. The van der Waals surface area contributed by atoms with Crippen LogP contribution in [-0.4, -0.2) is 24.2 Å². The zero-order valence-corrected chi connectivity index (χ0v) is 15.9. The van der Waals surface area contributed by atoms with Crippen molar-refractivity contribution in [1.82, 2.24) is 5.48 Å². The molecule has 0 bridgehead atoms. The quantitative estimate of drug-likeness (QED) is 0.451. The van der Waals surface area contributed by atoms with Gasteiger partial charge in [0.1, 0.15) is 12.4 Å². The highest BCUT2D eigenvalue weighted by atomic mass is 16.5. The normalized spacial score (nSPS) is 15.5. The Balaban J connectivity index is 1.73. The first-order chi connectivity index (χ1) is 13.6. The van der Waals surface area contributed by atoms with Gasteiger partial charge < -0.3 is 9.47 Å². The Kier molecular flexibility index (Phi) is 6.31. The topological polar surface area (TPSA) is 84.9 Å². The molecule has 0 unspecified atom stereocenters. The van der Waals surface area contributed by atoms with Crippen LogP contribution < -0.4 is 10.2 Å². The lowest BCUT2D eigenvalue weighted by molar-refractivity contribution is -0.153. The van der Waals surface area contributed by atoms with Gasteiger partial charge in [0, 0.05) is 5.56 Å². The smallest absolute Gasteiger partial charge is 0.316 e. The van der Waals surface area contributed by atoms with E-state index in [1.165, 1.54) is 0 Å². The lowest BCUT2D eigenvalue weighted by Crippen LogP contribution is -2.39. The van der Waals surface area contributed by atoms with Crippen molar-refractivity contribution in [3.05, 3.63) is 65.2 Å². The minimum absolute atomic E-state index is 0.137. The summed E-state index contributed by atoms with van der Waals surface area (Å²) in [6, 6.07) is 14.2. The fourth-order valence-electron chi connectivity index (χ4n) is 3.78. The molecule has 3 rings (SSSR count). The molecule has 0 atom stereocenters. The second-order valence-electron chi connectivity index (χ2n) is 7.09. The molecule has 1 saturated carbocycles. The number of hydroxylamine groups is 1. The number of amides is 1. The first-order valence-corrected chi connectivity index (χ1v) is 9.44. The number of carbonyl (C=O) groups is 2. The number of carbonyl (C=O) groups excluding carboxylic acids is 2. The molecule has 0 spiro atoms. The van der Waals surface area contributed by atoms with E-state index in [-0.39, 0.29) is 12.6 Å². The molecule has 1 aliphatic carbocycles. The van der Waals surface area contributed by atoms with Crippen molar-refractivity contribution >= 4 is 11.9 Å². The molecule has 0 aliphatic heterocycles. The summed E-state index contributed by atoms with van der Waals surface area (Å²) in [7, 11) is 1.62. The van der Waals surface area contributed by atoms with Gasteiger partial charge in [-0.3, -0.25) is 14.8 Å². The van der Waals surface area contributed by atoms with E-state index < -0.39 is 11.3 Å². The van der Waals surface area contributed by atoms with Gasteiger partial charge in [-0.05, 0) is 48.2 Å². The average Bonchev–Trinajstić information content (AvgIpc) is 2.77. The molecule has 6 heteroatoms. The van der Waals surface area contributed by atoms with E-state index in [1.54, 1.807) is 36.9 Å². The van der Waals surface area contributed by atoms with Crippen LogP contribution in [0.3, 0.4) is 0 Å². The Morgan fingerprint density at radius 2 is 1.64 bits per heavy atom. The average molecular weight is 383 g/mol. The number of hydrogen-bond acceptors (Lipinski definition) is 5. The molecule has 2 aromatic carbocycles. The van der Waals surface area contributed by atoms with Crippen LogP contribution in [0.1, 0.15) is 53.6 Å². The summed E-state index contributed by atoms with van der Waals surface area (Å²) in [4.78, 5) is 24.5. The number of hydrogen-bond donors (Lipinski definition) is 2. The summed E-state index contributed by atoms with van der Waals surface area (Å²) in [5, 5.41) is 8.67. The number of rotatable bonds is 6. The molecule has 2 aromatic rings. The van der Waals surface area contributed by atoms with Crippen LogP contribution in [0, 0.1) is 0 Å². The van der Waals surface area contributed by atoms with E-state index in [2.05, 4.69) is 0 Å². The molecule has 0 radical (unpaired) electrons. The summed E-state index contributed by atoms with van der Waals surface area (Å²) >= 11 is 0. The second kappa shape index (κ2) is 8.89. The molecule has 0 aromatic heterocycles. The zero-order chi connectivity index (χ0) is 20.0. The Morgan fingerprint density at radius 3 is 2.21 bits per heavy atom. The van der Waals surface area contributed by atoms with Gasteiger partial charge in [-0.15, -0.1) is 0 Å². The molecular weight excluding hydrogens is 358 g/mol. The lowest BCUT2D eigenvalue weighted by atomic mass is 9.69. The Hall–Kier alpha value is -2.86. The molecule has 0 saturated heterocycles. The largest absolute Gasteiger partial charge is 0.497 e. The van der Waals surface area contributed by atoms with Crippen LogP contribution in [0.15, 0.2) is 48.5 Å². The van der Waals surface area contributed by atoms with Gasteiger partial charge in [-0.25, -0.2) is 5.48 Å². The lowest BCUT2D eigenvalue weighted by Gasteiger charge is -2.35. The van der Waals surface area contributed by atoms with Crippen LogP contribution in [0.5, 0.6) is 5.75 Å². The van der Waals surface area contributed by atoms with E-state index in [0.717, 1.165) is 49.0 Å². The Bertz CT molecular complexity index is 808. The van der Waals surface area contributed by atoms with Crippen LogP contribution >= 0.6 is 0 Å². The van der Waals surface area contributed by atoms with Crippen molar-refractivity contribution in [2.75, 3.05) is 7.11 Å². The van der Waals surface area contributed by atoms with Crippen molar-refractivity contribution in [2.45, 2.75) is 44.1 Å². The summed E-state index contributed by atoms with van der Waals surface area (Å²) in [5.41, 5.74) is 3.05. The zero-order valence-electron chi connectivity index (χ0n) is 15.9. The van der Waals surface area contributed by atoms with E-state index in [0.29, 0.717) is 5.56 Å². The predicted octanol–water partition coefficient (Wildman–Crippen LogP) is 3.76. The van der Waals surface area contributed by atoms with Crippen molar-refractivity contribution in [3.63, 3.8) is 0 Å². The maximum absolute atomic E-state index is 13.1. The summed E-state index contributed by atoms with van der Waals surface area (Å²) in [5.74, 6) is -0.0335. The van der Waals surface area contributed by atoms with Gasteiger partial charge in [-0.2, -0.15) is 0 Å². The molecule has 2 N–H and O–H groups in total. The van der Waals surface area contributed by atoms with Crippen molar-refractivity contribution in [1.29, 1.82) is 0 Å². The van der Waals surface area contributed by atoms with Crippen LogP contribution in [0.4, 0.5) is 0 Å². The maximum atomic E-state index is 13.1. The molecule has 28 heavy (non-hydrogen) atoms. The van der Waals surface area contributed by atoms with Gasteiger partial charge in [0.2, 0.25) is 0 Å². The SMILES string of the molecule is COc1ccc(C2(C(=O)OCc3ccc(C(=O)NO)cc3)CCCCC2)cc1. The van der Waals surface area contributed by atoms with E-state index in [4.69, 9.17) is 14.7 Å². The third-order valence-corrected chi connectivity index (χ3v) is 5.43. The third kappa shape index (κ3) is 4.17. The molecule has 148 valence electrons. The summed E-state index contributed by atoms with van der Waals surface area (Å²) in [6.07, 6.45) is 4.65. The predicted molar refractivity (Wildman–Crippen MR) is 103 cm³/mol. The van der Waals surface area contributed by atoms with Gasteiger partial charge in [0.15, 0.2) is 0 Å². The summed E-state index contributed by atoms with van der Waals surface area (Å²) < 4.78 is 10.9. The number of esters is 1. The van der Waals surface area contributed by atoms with Gasteiger partial charge in [0.25, 0.3) is 5.91 Å². The number of methoxy groups -OCH3 is 1. The molecule has 6 nitrogen and oxygen atoms in total. The fourth-order valence-corrected chi connectivity index (χ4v) is 3.78. The van der Waals surface area contributed by atoms with Crippen LogP contribution in [0.25, 0.3) is 0 Å². The first-order valence-electron chi connectivity index (χ1n) is 9.44. The van der Waals surface area contributed by atoms with E-state index >= 15 is 0 Å². The maximum Gasteiger partial charge on any atom is 0.316 e. The van der Waals surface area contributed by atoms with E-state index in [1.807, 2.05) is 24.3 Å². The fraction of sp³-hybridized carbons (Fsp3) is 0.364. The first kappa shape index (κ1) is 19.9. The molecular formula is C22H25NO5. The van der Waals surface area contributed by atoms with Gasteiger partial charge in [0.05, 0.1) is 12.5 Å². The number of nitrogens with one attached hydrogen (secondary N) is 1. The minimum Gasteiger partial charge on any atom is -0.497 e. The molecule has 0 heterocycles. The minimum atomic E-state index is -0.624. The highest BCUT2D eigenvalue weighted by Crippen LogP contribution is 2.41. The van der Waals surface area contributed by atoms with Gasteiger partial charge >= 0.3 is 5.97 Å². The van der Waals surface area contributed by atoms with Crippen molar-refractivity contribution in [3.8, 4) is 5.75 Å². The third-order valence-electron chi connectivity index (χ3n) is 5.43. The van der Waals surface area contributed by atoms with E-state index in [9.17, 15) is 9.59 Å². The molecule has 1 aliphatic rings. The highest BCUT2D eigenvalue weighted by molar-refractivity contribution is 5.93. The van der Waals surface area contributed by atoms with Gasteiger partial charge in [-0.1, -0.05) is 43.5 Å². The monoisotopic (exact) mass is 383 g/mol. The highest BCUT2D eigenvalue weighted by Gasteiger charge is 2.42. The van der Waals surface area contributed by atoms with Crippen molar-refractivity contribution in [2.24, 2.45) is 0 Å². The molecule has 1 fully saturated rings. The second-order valence-corrected chi connectivity index (χ2v) is 7.09.